The first-order chi connectivity index (χ1) is 9.15. The molecule has 1 aliphatic heterocycles. The lowest BCUT2D eigenvalue weighted by atomic mass is 9.63. The summed E-state index contributed by atoms with van der Waals surface area (Å²) < 4.78 is 5.53. The molecule has 1 heterocycles. The minimum absolute atomic E-state index is 0.0549. The summed E-state index contributed by atoms with van der Waals surface area (Å²) in [5.41, 5.74) is -3.73. The molecule has 5 heteroatoms. The van der Waals surface area contributed by atoms with Gasteiger partial charge in [-0.3, -0.25) is 4.79 Å². The number of esters is 1. The smallest absolute Gasteiger partial charge is 0.309 e. The molecule has 0 aromatic carbocycles. The molecule has 1 saturated heterocycles. The van der Waals surface area contributed by atoms with Crippen LogP contribution >= 0.6 is 0 Å². The topological polar surface area (TPSA) is 87.0 Å². The Morgan fingerprint density at radius 3 is 2.50 bits per heavy atom. The molecule has 7 atom stereocenters. The van der Waals surface area contributed by atoms with E-state index in [0.717, 1.165) is 0 Å². The Balaban J connectivity index is 2.14. The molecule has 0 bridgehead atoms. The van der Waals surface area contributed by atoms with Crippen molar-refractivity contribution in [2.24, 2.45) is 17.3 Å². The monoisotopic (exact) mass is 284 g/mol. The van der Waals surface area contributed by atoms with Crippen LogP contribution in [0.1, 0.15) is 46.5 Å². The number of aliphatic hydroxyl groups is 3. The third-order valence-electron chi connectivity index (χ3n) is 6.46. The van der Waals surface area contributed by atoms with E-state index >= 15 is 0 Å². The van der Waals surface area contributed by atoms with Crippen LogP contribution in [0, 0.1) is 17.3 Å². The van der Waals surface area contributed by atoms with E-state index in [1.54, 1.807) is 13.8 Å². The molecular formula is C15H24O5. The van der Waals surface area contributed by atoms with Gasteiger partial charge in [-0.15, -0.1) is 0 Å². The van der Waals surface area contributed by atoms with Gasteiger partial charge in [0, 0.05) is 5.92 Å². The van der Waals surface area contributed by atoms with Gasteiger partial charge in [0.1, 0.15) is 11.7 Å². The maximum absolute atomic E-state index is 11.9. The predicted octanol–water partition coefficient (Wildman–Crippen LogP) is 0.601. The van der Waals surface area contributed by atoms with E-state index in [4.69, 9.17) is 4.74 Å². The second-order valence-electron chi connectivity index (χ2n) is 7.32. The van der Waals surface area contributed by atoms with Crippen molar-refractivity contribution in [1.29, 1.82) is 0 Å². The second-order valence-corrected chi connectivity index (χ2v) is 7.32. The van der Waals surface area contributed by atoms with Gasteiger partial charge >= 0.3 is 5.97 Å². The van der Waals surface area contributed by atoms with Crippen molar-refractivity contribution in [1.82, 2.24) is 0 Å². The Morgan fingerprint density at radius 1 is 1.20 bits per heavy atom. The Morgan fingerprint density at radius 2 is 1.85 bits per heavy atom. The molecule has 3 fully saturated rings. The summed E-state index contributed by atoms with van der Waals surface area (Å²) in [6.07, 6.45) is 0.470. The van der Waals surface area contributed by atoms with Gasteiger partial charge in [0.2, 0.25) is 0 Å². The van der Waals surface area contributed by atoms with Crippen LogP contribution in [-0.2, 0) is 9.53 Å². The molecule has 3 N–H and O–H groups in total. The summed E-state index contributed by atoms with van der Waals surface area (Å²) in [7, 11) is 0. The molecule has 3 rings (SSSR count). The summed E-state index contributed by atoms with van der Waals surface area (Å²) >= 11 is 0. The lowest BCUT2D eigenvalue weighted by Crippen LogP contribution is -2.64. The second kappa shape index (κ2) is 3.96. The maximum atomic E-state index is 11.9. The SMILES string of the molecule is CC1C(=O)OC2C1CCC(C)(O)C1(O)CCC(O)C21C. The quantitative estimate of drug-likeness (QED) is 0.567. The van der Waals surface area contributed by atoms with Crippen LogP contribution in [0.5, 0.6) is 0 Å². The van der Waals surface area contributed by atoms with Crippen LogP contribution in [0.25, 0.3) is 0 Å². The van der Waals surface area contributed by atoms with Crippen LogP contribution in [-0.4, -0.2) is 44.7 Å². The zero-order chi connectivity index (χ0) is 14.9. The van der Waals surface area contributed by atoms with Crippen LogP contribution in [0.4, 0.5) is 0 Å². The van der Waals surface area contributed by atoms with Crippen molar-refractivity contribution < 1.29 is 24.9 Å². The van der Waals surface area contributed by atoms with E-state index in [0.29, 0.717) is 25.7 Å². The van der Waals surface area contributed by atoms with E-state index in [1.807, 2.05) is 6.92 Å². The first-order valence-electron chi connectivity index (χ1n) is 7.48. The normalized spacial score (nSPS) is 58.8. The highest BCUT2D eigenvalue weighted by Crippen LogP contribution is 2.61. The van der Waals surface area contributed by atoms with Crippen molar-refractivity contribution in [3.8, 4) is 0 Å². The standard InChI is InChI=1S/C15H24O5/c1-8-9-4-6-13(2,18)15(19)7-5-10(16)14(15,3)11(9)20-12(8)17/h8-11,16,18-19H,4-7H2,1-3H3. The Hall–Kier alpha value is -0.650. The fourth-order valence-corrected chi connectivity index (χ4v) is 4.84. The van der Waals surface area contributed by atoms with E-state index in [1.165, 1.54) is 0 Å². The van der Waals surface area contributed by atoms with Gasteiger partial charge in [-0.1, -0.05) is 13.8 Å². The fourth-order valence-electron chi connectivity index (χ4n) is 4.84. The zero-order valence-corrected chi connectivity index (χ0v) is 12.3. The van der Waals surface area contributed by atoms with Crippen LogP contribution in [0.3, 0.4) is 0 Å². The molecule has 0 spiro atoms. The van der Waals surface area contributed by atoms with Crippen LogP contribution in [0.15, 0.2) is 0 Å². The number of fused-ring (bicyclic) bond motifs is 3. The van der Waals surface area contributed by atoms with Gasteiger partial charge in [0.15, 0.2) is 0 Å². The number of carbonyl (C=O) groups is 1. The lowest BCUT2D eigenvalue weighted by molar-refractivity contribution is -0.229. The molecule has 0 aromatic rings. The number of hydrogen-bond donors (Lipinski definition) is 3. The molecule has 7 unspecified atom stereocenters. The van der Waals surface area contributed by atoms with E-state index in [9.17, 15) is 20.1 Å². The van der Waals surface area contributed by atoms with Crippen molar-refractivity contribution >= 4 is 5.97 Å². The summed E-state index contributed by atoms with van der Waals surface area (Å²) in [6, 6.07) is 0. The van der Waals surface area contributed by atoms with Gasteiger partial charge in [-0.25, -0.2) is 0 Å². The first-order valence-corrected chi connectivity index (χ1v) is 7.48. The Bertz CT molecular complexity index is 448. The molecule has 2 aliphatic carbocycles. The minimum Gasteiger partial charge on any atom is -0.461 e. The summed E-state index contributed by atoms with van der Waals surface area (Å²) in [6.45, 7) is 5.22. The molecule has 0 amide bonds. The van der Waals surface area contributed by atoms with Gasteiger partial charge in [0.05, 0.1) is 23.0 Å². The summed E-state index contributed by atoms with van der Waals surface area (Å²) in [5, 5.41) is 32.4. The average molecular weight is 284 g/mol. The molecule has 114 valence electrons. The van der Waals surface area contributed by atoms with E-state index < -0.39 is 28.8 Å². The molecule has 2 saturated carbocycles. The van der Waals surface area contributed by atoms with Crippen molar-refractivity contribution in [3.63, 3.8) is 0 Å². The van der Waals surface area contributed by atoms with Crippen molar-refractivity contribution in [3.05, 3.63) is 0 Å². The highest BCUT2D eigenvalue weighted by Gasteiger charge is 2.72. The van der Waals surface area contributed by atoms with Crippen molar-refractivity contribution in [2.75, 3.05) is 0 Å². The highest BCUT2D eigenvalue weighted by molar-refractivity contribution is 5.75. The summed E-state index contributed by atoms with van der Waals surface area (Å²) in [4.78, 5) is 11.9. The Kier molecular flexibility index (Phi) is 2.83. The van der Waals surface area contributed by atoms with Crippen LogP contribution in [0.2, 0.25) is 0 Å². The number of hydrogen-bond acceptors (Lipinski definition) is 5. The molecule has 0 radical (unpaired) electrons. The Labute approximate surface area is 118 Å². The highest BCUT2D eigenvalue weighted by atomic mass is 16.6. The first kappa shape index (κ1) is 14.3. The average Bonchev–Trinajstić information content (AvgIpc) is 2.77. The molecule has 3 aliphatic rings. The largest absolute Gasteiger partial charge is 0.461 e. The molecule has 0 aromatic heterocycles. The number of aliphatic hydroxyl groups excluding tert-OH is 1. The minimum atomic E-state index is -1.43. The fraction of sp³-hybridized carbons (Fsp3) is 0.933. The third kappa shape index (κ3) is 1.41. The molecule has 20 heavy (non-hydrogen) atoms. The van der Waals surface area contributed by atoms with E-state index in [-0.39, 0.29) is 17.8 Å². The number of carbonyl (C=O) groups excluding carboxylic acids is 1. The molecule has 5 nitrogen and oxygen atoms in total. The third-order valence-corrected chi connectivity index (χ3v) is 6.46. The number of ether oxygens (including phenoxy) is 1. The van der Waals surface area contributed by atoms with Gasteiger partial charge in [-0.2, -0.15) is 0 Å². The van der Waals surface area contributed by atoms with E-state index in [2.05, 4.69) is 0 Å². The molecular weight excluding hydrogens is 260 g/mol. The van der Waals surface area contributed by atoms with Gasteiger partial charge < -0.3 is 20.1 Å². The maximum Gasteiger partial charge on any atom is 0.309 e. The lowest BCUT2D eigenvalue weighted by Gasteiger charge is -2.50. The number of rotatable bonds is 0. The van der Waals surface area contributed by atoms with Gasteiger partial charge in [-0.05, 0) is 32.6 Å². The van der Waals surface area contributed by atoms with Crippen LogP contribution < -0.4 is 0 Å². The predicted molar refractivity (Wildman–Crippen MR) is 70.7 cm³/mol. The van der Waals surface area contributed by atoms with Crippen molar-refractivity contribution in [2.45, 2.75) is 69.9 Å². The summed E-state index contributed by atoms with van der Waals surface area (Å²) in [5.74, 6) is -0.562. The zero-order valence-electron chi connectivity index (χ0n) is 12.3. The van der Waals surface area contributed by atoms with Gasteiger partial charge in [0.25, 0.3) is 0 Å².